The van der Waals surface area contributed by atoms with Crippen LogP contribution in [0, 0.1) is 11.8 Å². The molecule has 2 fully saturated rings. The van der Waals surface area contributed by atoms with E-state index in [-0.39, 0.29) is 5.25 Å². The topological polar surface area (TPSA) is 34.1 Å². The number of hydrogen-bond acceptors (Lipinski definition) is 2. The maximum atomic E-state index is 12.4. The van der Waals surface area contributed by atoms with Crippen LogP contribution in [0.25, 0.3) is 0 Å². The van der Waals surface area contributed by atoms with E-state index >= 15 is 0 Å². The highest BCUT2D eigenvalue weighted by Crippen LogP contribution is 2.51. The Bertz CT molecular complexity index is 386. The van der Waals surface area contributed by atoms with Gasteiger partial charge in [0.05, 0.1) is 10.00 Å². The number of sulfone groups is 1. The number of hydrogen-bond donors (Lipinski definition) is 0. The normalized spacial score (nSPS) is 36.2. The highest BCUT2D eigenvalue weighted by atomic mass is 32.2. The van der Waals surface area contributed by atoms with Crippen LogP contribution in [0.3, 0.4) is 0 Å². The lowest BCUT2D eigenvalue weighted by Crippen LogP contribution is -2.40. The van der Waals surface area contributed by atoms with Crippen LogP contribution >= 0.6 is 0 Å². The summed E-state index contributed by atoms with van der Waals surface area (Å²) >= 11 is 0. The van der Waals surface area contributed by atoms with Crippen molar-refractivity contribution in [1.29, 1.82) is 0 Å². The van der Waals surface area contributed by atoms with Gasteiger partial charge in [-0.2, -0.15) is 0 Å². The summed E-state index contributed by atoms with van der Waals surface area (Å²) in [6.45, 7) is 9.40. The summed E-state index contributed by atoms with van der Waals surface area (Å²) < 4.78 is 24.1. The molecule has 2 aliphatic rings. The van der Waals surface area contributed by atoms with E-state index < -0.39 is 14.6 Å². The molecule has 0 radical (unpaired) electrons. The van der Waals surface area contributed by atoms with E-state index in [2.05, 4.69) is 6.58 Å². The van der Waals surface area contributed by atoms with E-state index in [1.807, 2.05) is 0 Å². The second-order valence-electron chi connectivity index (χ2n) is 5.92. The largest absolute Gasteiger partial charge is 0.228 e. The van der Waals surface area contributed by atoms with E-state index in [0.29, 0.717) is 11.8 Å². The van der Waals surface area contributed by atoms with Crippen LogP contribution in [0.2, 0.25) is 0 Å². The number of fused-ring (bicyclic) bond motifs is 2. The Morgan fingerprint density at radius 2 is 1.87 bits per heavy atom. The van der Waals surface area contributed by atoms with Crippen molar-refractivity contribution >= 4 is 9.84 Å². The van der Waals surface area contributed by atoms with E-state index in [1.54, 1.807) is 20.8 Å². The van der Waals surface area contributed by atoms with Crippen molar-refractivity contribution < 1.29 is 8.42 Å². The second kappa shape index (κ2) is 3.09. The molecule has 3 heteroatoms. The summed E-state index contributed by atoms with van der Waals surface area (Å²) in [6, 6.07) is 0. The van der Waals surface area contributed by atoms with Gasteiger partial charge in [-0.25, -0.2) is 8.42 Å². The molecule has 0 saturated heterocycles. The summed E-state index contributed by atoms with van der Waals surface area (Å²) in [7, 11) is -3.06. The van der Waals surface area contributed by atoms with Gasteiger partial charge in [0, 0.05) is 0 Å². The van der Waals surface area contributed by atoms with E-state index in [4.69, 9.17) is 0 Å². The molecule has 0 aliphatic heterocycles. The van der Waals surface area contributed by atoms with Gasteiger partial charge in [0.25, 0.3) is 0 Å². The Hall–Kier alpha value is -0.310. The van der Waals surface area contributed by atoms with Gasteiger partial charge in [-0.05, 0) is 51.9 Å². The van der Waals surface area contributed by atoms with Crippen LogP contribution < -0.4 is 0 Å². The molecule has 86 valence electrons. The van der Waals surface area contributed by atoms with Gasteiger partial charge in [-0.1, -0.05) is 12.2 Å². The minimum atomic E-state index is -3.06. The smallest absolute Gasteiger partial charge is 0.162 e. The fourth-order valence-corrected chi connectivity index (χ4v) is 5.10. The lowest BCUT2D eigenvalue weighted by molar-refractivity contribution is 0.502. The minimum Gasteiger partial charge on any atom is -0.228 e. The molecule has 2 nitrogen and oxygen atoms in total. The van der Waals surface area contributed by atoms with Crippen LogP contribution in [0.5, 0.6) is 0 Å². The third kappa shape index (κ3) is 1.47. The van der Waals surface area contributed by atoms with Crippen LogP contribution in [0.1, 0.15) is 40.0 Å². The molecule has 0 aromatic rings. The highest BCUT2D eigenvalue weighted by molar-refractivity contribution is 7.93. The van der Waals surface area contributed by atoms with E-state index in [1.165, 1.54) is 0 Å². The monoisotopic (exact) mass is 228 g/mol. The summed E-state index contributed by atoms with van der Waals surface area (Å²) in [5.74, 6) is 0.837. The van der Waals surface area contributed by atoms with Crippen LogP contribution in [-0.2, 0) is 9.84 Å². The molecule has 2 saturated carbocycles. The molecule has 2 rings (SSSR count). The second-order valence-corrected chi connectivity index (χ2v) is 8.75. The summed E-state index contributed by atoms with van der Waals surface area (Å²) in [4.78, 5) is 0. The van der Waals surface area contributed by atoms with Crippen molar-refractivity contribution in [2.45, 2.75) is 50.0 Å². The maximum Gasteiger partial charge on any atom is 0.162 e. The fourth-order valence-electron chi connectivity index (χ4n) is 3.00. The Labute approximate surface area is 92.7 Å². The molecular formula is C12H20O2S. The third-order valence-corrected chi connectivity index (χ3v) is 7.04. The van der Waals surface area contributed by atoms with Gasteiger partial charge in [0.1, 0.15) is 0 Å². The zero-order valence-electron chi connectivity index (χ0n) is 9.79. The maximum absolute atomic E-state index is 12.4. The van der Waals surface area contributed by atoms with Gasteiger partial charge in [-0.3, -0.25) is 0 Å². The first kappa shape index (κ1) is 11.2. The van der Waals surface area contributed by atoms with Crippen LogP contribution in [0.15, 0.2) is 12.2 Å². The van der Waals surface area contributed by atoms with Crippen molar-refractivity contribution in [1.82, 2.24) is 0 Å². The van der Waals surface area contributed by atoms with Gasteiger partial charge in [0.2, 0.25) is 0 Å². The minimum absolute atomic E-state index is 0.253. The Balaban J connectivity index is 2.38. The molecule has 15 heavy (non-hydrogen) atoms. The average Bonchev–Trinajstić information content (AvgIpc) is 2.60. The van der Waals surface area contributed by atoms with Crippen molar-refractivity contribution in [3.8, 4) is 0 Å². The standard InChI is InChI=1S/C12H20O2S/c1-8-9-5-6-10(7-9)11(8)15(13,14)12(2,3)4/h9-11H,1,5-7H2,2-4H3. The lowest BCUT2D eigenvalue weighted by Gasteiger charge is -2.30. The van der Waals surface area contributed by atoms with Gasteiger partial charge in [-0.15, -0.1) is 0 Å². The van der Waals surface area contributed by atoms with Crippen molar-refractivity contribution in [3.05, 3.63) is 12.2 Å². The molecular weight excluding hydrogens is 208 g/mol. The highest BCUT2D eigenvalue weighted by Gasteiger charge is 2.51. The predicted octanol–water partition coefficient (Wildman–Crippen LogP) is 2.55. The third-order valence-electron chi connectivity index (χ3n) is 3.98. The summed E-state index contributed by atoms with van der Waals surface area (Å²) in [6.07, 6.45) is 3.28. The molecule has 2 aliphatic carbocycles. The lowest BCUT2D eigenvalue weighted by atomic mass is 9.96. The molecule has 0 N–H and O–H groups in total. The zero-order valence-corrected chi connectivity index (χ0v) is 10.6. The summed E-state index contributed by atoms with van der Waals surface area (Å²) in [5, 5.41) is -0.253. The average molecular weight is 228 g/mol. The van der Waals surface area contributed by atoms with Crippen LogP contribution in [-0.4, -0.2) is 18.4 Å². The SMILES string of the molecule is C=C1C2CCC(C2)C1S(=O)(=O)C(C)(C)C. The first-order chi connectivity index (χ1) is 6.75. The molecule has 0 spiro atoms. The Morgan fingerprint density at radius 3 is 2.27 bits per heavy atom. The first-order valence-corrected chi connectivity index (χ1v) is 7.22. The van der Waals surface area contributed by atoms with Gasteiger partial charge < -0.3 is 0 Å². The Morgan fingerprint density at radius 1 is 1.27 bits per heavy atom. The van der Waals surface area contributed by atoms with Gasteiger partial charge >= 0.3 is 0 Å². The van der Waals surface area contributed by atoms with E-state index in [0.717, 1.165) is 24.8 Å². The van der Waals surface area contributed by atoms with Crippen molar-refractivity contribution in [3.63, 3.8) is 0 Å². The molecule has 0 heterocycles. The van der Waals surface area contributed by atoms with Crippen molar-refractivity contribution in [2.75, 3.05) is 0 Å². The summed E-state index contributed by atoms with van der Waals surface area (Å²) in [5.41, 5.74) is 0.987. The molecule has 0 aromatic heterocycles. The van der Waals surface area contributed by atoms with E-state index in [9.17, 15) is 8.42 Å². The van der Waals surface area contributed by atoms with Crippen molar-refractivity contribution in [2.24, 2.45) is 11.8 Å². The molecule has 2 bridgehead atoms. The zero-order chi connectivity index (χ0) is 11.4. The number of rotatable bonds is 1. The Kier molecular flexibility index (Phi) is 2.31. The van der Waals surface area contributed by atoms with Crippen LogP contribution in [0.4, 0.5) is 0 Å². The molecule has 3 atom stereocenters. The molecule has 3 unspecified atom stereocenters. The molecule has 0 aromatic carbocycles. The van der Waals surface area contributed by atoms with Gasteiger partial charge in [0.15, 0.2) is 9.84 Å². The molecule has 0 amide bonds. The first-order valence-electron chi connectivity index (χ1n) is 5.67. The predicted molar refractivity (Wildman–Crippen MR) is 62.4 cm³/mol. The fraction of sp³-hybridized carbons (Fsp3) is 0.833. The quantitative estimate of drug-likeness (QED) is 0.646.